The van der Waals surface area contributed by atoms with E-state index >= 15 is 0 Å². The summed E-state index contributed by atoms with van der Waals surface area (Å²) in [5, 5.41) is 30.6. The zero-order valence-corrected chi connectivity index (χ0v) is 43.0. The van der Waals surface area contributed by atoms with Crippen molar-refractivity contribution in [3.05, 3.63) is 271 Å². The van der Waals surface area contributed by atoms with E-state index in [1.165, 1.54) is 123 Å². The Hall–Kier alpha value is -9.65. The second kappa shape index (κ2) is 16.9. The van der Waals surface area contributed by atoms with Crippen molar-refractivity contribution in [2.45, 2.75) is 12.3 Å². The molecule has 3 heterocycles. The molecule has 0 bridgehead atoms. The van der Waals surface area contributed by atoms with Gasteiger partial charge in [0.15, 0.2) is 0 Å². The molecular formula is C73H46N4S. The number of hydrogen-bond acceptors (Lipinski definition) is 4. The SMILES string of the molecule is c1ccc2cc3c(cc2c1)c1ccccc1n3-c1ccc(C2=NC(c3ccc4c5ccccc5c5ccccc5c4c3)NC(c3ccc4c5ccccc5c5ccccc5c4c3)N2)cc1-c1cccc2sc3ccccc3c12. The van der Waals surface area contributed by atoms with Crippen molar-refractivity contribution in [2.75, 3.05) is 0 Å². The molecular weight excluding hydrogens is 965 g/mol. The first-order valence-corrected chi connectivity index (χ1v) is 27.7. The molecule has 78 heavy (non-hydrogen) atoms. The molecule has 2 atom stereocenters. The number of para-hydroxylation sites is 1. The number of hydrogen-bond donors (Lipinski definition) is 2. The maximum atomic E-state index is 5.75. The first-order valence-electron chi connectivity index (χ1n) is 26.9. The normalized spacial score (nSPS) is 15.1. The minimum Gasteiger partial charge on any atom is -0.350 e. The number of thiophene rings is 1. The highest BCUT2D eigenvalue weighted by molar-refractivity contribution is 7.26. The van der Waals surface area contributed by atoms with E-state index in [4.69, 9.17) is 4.99 Å². The van der Waals surface area contributed by atoms with Crippen LogP contribution in [0.4, 0.5) is 0 Å². The summed E-state index contributed by atoms with van der Waals surface area (Å²) in [6.07, 6.45) is -0.679. The molecule has 17 rings (SSSR count). The summed E-state index contributed by atoms with van der Waals surface area (Å²) < 4.78 is 5.05. The van der Waals surface area contributed by atoms with Gasteiger partial charge >= 0.3 is 0 Å². The number of aliphatic imine (C=N–C) groups is 1. The number of fused-ring (bicyclic) bond motifs is 19. The van der Waals surface area contributed by atoms with Gasteiger partial charge in [0.05, 0.1) is 16.7 Å². The third-order valence-corrected chi connectivity index (χ3v) is 17.9. The standard InChI is InChI=1S/C73H46N4S/c1-2-17-44-42-67-63(38-43(44)16-1)58-26-11-13-29-65(58)77(67)66-37-34-47(41-64(66)59-28-15-31-69-70(59)60-27-12-14-30-68(60)78-69)73-75-71(45-32-35-56-52-22-5-3-18-48(52)50-20-7-9-24-54(50)61(56)39-45)74-72(76-73)46-33-36-57-53-23-6-4-19-49(53)51-21-8-10-25-55(51)62(57)40-46/h1-42,71-72,74H,(H,75,76). The monoisotopic (exact) mass is 1010 g/mol. The molecule has 0 saturated carbocycles. The first-order chi connectivity index (χ1) is 38.7. The van der Waals surface area contributed by atoms with Crippen molar-refractivity contribution in [1.29, 1.82) is 0 Å². The van der Waals surface area contributed by atoms with E-state index in [0.29, 0.717) is 0 Å². The molecule has 4 nitrogen and oxygen atoms in total. The topological polar surface area (TPSA) is 41.4 Å². The summed E-state index contributed by atoms with van der Waals surface area (Å²) >= 11 is 1.86. The highest BCUT2D eigenvalue weighted by Crippen LogP contribution is 2.45. The van der Waals surface area contributed by atoms with Gasteiger partial charge in [-0.25, -0.2) is 4.99 Å². The predicted molar refractivity (Wildman–Crippen MR) is 333 cm³/mol. The third-order valence-electron chi connectivity index (χ3n) is 16.8. The molecule has 0 spiro atoms. The summed E-state index contributed by atoms with van der Waals surface area (Å²) in [5.41, 5.74) is 9.06. The minimum absolute atomic E-state index is 0.292. The first kappa shape index (κ1) is 43.6. The lowest BCUT2D eigenvalue weighted by Crippen LogP contribution is -2.45. The molecule has 0 amide bonds. The molecule has 1 aliphatic rings. The average molecular weight is 1010 g/mol. The summed E-state index contributed by atoms with van der Waals surface area (Å²) in [5.74, 6) is 0.832. The van der Waals surface area contributed by atoms with Gasteiger partial charge < -0.3 is 9.88 Å². The molecule has 0 fully saturated rings. The maximum Gasteiger partial charge on any atom is 0.131 e. The largest absolute Gasteiger partial charge is 0.350 e. The second-order valence-corrected chi connectivity index (χ2v) is 22.1. The molecule has 2 N–H and O–H groups in total. The molecule has 0 saturated heterocycles. The Morgan fingerprint density at radius 2 is 0.859 bits per heavy atom. The second-order valence-electron chi connectivity index (χ2n) is 21.0. The van der Waals surface area contributed by atoms with Gasteiger partial charge in [-0.05, 0) is 153 Å². The van der Waals surface area contributed by atoms with Gasteiger partial charge in [-0.15, -0.1) is 11.3 Å². The van der Waals surface area contributed by atoms with Gasteiger partial charge in [0.2, 0.25) is 0 Å². The molecule has 16 aromatic rings. The van der Waals surface area contributed by atoms with E-state index in [0.717, 1.165) is 33.8 Å². The number of nitrogens with zero attached hydrogens (tertiary/aromatic N) is 2. The number of nitrogens with one attached hydrogen (secondary N) is 2. The van der Waals surface area contributed by atoms with Crippen molar-refractivity contribution in [3.63, 3.8) is 0 Å². The lowest BCUT2D eigenvalue weighted by atomic mass is 9.92. The molecule has 1 aliphatic heterocycles. The number of amidine groups is 1. The van der Waals surface area contributed by atoms with Crippen LogP contribution in [0.25, 0.3) is 134 Å². The van der Waals surface area contributed by atoms with Crippen molar-refractivity contribution in [3.8, 4) is 16.8 Å². The van der Waals surface area contributed by atoms with Crippen LogP contribution in [0.15, 0.2) is 260 Å². The molecule has 5 heteroatoms. The van der Waals surface area contributed by atoms with Gasteiger partial charge in [0, 0.05) is 42.1 Å². The predicted octanol–water partition coefficient (Wildman–Crippen LogP) is 19.2. The quantitative estimate of drug-likeness (QED) is 0.169. The van der Waals surface area contributed by atoms with Gasteiger partial charge in [-0.3, -0.25) is 5.32 Å². The zero-order valence-electron chi connectivity index (χ0n) is 42.2. The summed E-state index contributed by atoms with van der Waals surface area (Å²) in [6, 6.07) is 94.4. The van der Waals surface area contributed by atoms with Crippen molar-refractivity contribution in [2.24, 2.45) is 4.99 Å². The maximum absolute atomic E-state index is 5.75. The lowest BCUT2D eigenvalue weighted by Gasteiger charge is -2.33. The highest BCUT2D eigenvalue weighted by Gasteiger charge is 2.28. The highest BCUT2D eigenvalue weighted by atomic mass is 32.1. The number of rotatable bonds is 5. The Balaban J connectivity index is 0.911. The third kappa shape index (κ3) is 6.53. The van der Waals surface area contributed by atoms with E-state index in [1.54, 1.807) is 0 Å². The lowest BCUT2D eigenvalue weighted by molar-refractivity contribution is 0.409. The Morgan fingerprint density at radius 1 is 0.346 bits per heavy atom. The van der Waals surface area contributed by atoms with Crippen LogP contribution >= 0.6 is 11.3 Å². The van der Waals surface area contributed by atoms with E-state index in [1.807, 2.05) is 11.3 Å². The van der Waals surface area contributed by atoms with Crippen LogP contribution in [-0.2, 0) is 0 Å². The molecule has 0 aliphatic carbocycles. The van der Waals surface area contributed by atoms with Crippen LogP contribution in [0.5, 0.6) is 0 Å². The Morgan fingerprint density at radius 3 is 1.51 bits per heavy atom. The van der Waals surface area contributed by atoms with Crippen LogP contribution in [0.2, 0.25) is 0 Å². The van der Waals surface area contributed by atoms with Crippen LogP contribution in [0.1, 0.15) is 29.0 Å². The number of benzene rings is 14. The smallest absolute Gasteiger partial charge is 0.131 e. The summed E-state index contributed by atoms with van der Waals surface area (Å²) in [6.45, 7) is 0. The molecule has 364 valence electrons. The van der Waals surface area contributed by atoms with Crippen molar-refractivity contribution >= 4 is 135 Å². The van der Waals surface area contributed by atoms with Crippen molar-refractivity contribution in [1.82, 2.24) is 15.2 Å². The molecule has 2 unspecified atom stereocenters. The fourth-order valence-electron chi connectivity index (χ4n) is 13.3. The van der Waals surface area contributed by atoms with E-state index in [-0.39, 0.29) is 12.3 Å². The van der Waals surface area contributed by atoms with Crippen LogP contribution in [-0.4, -0.2) is 10.4 Å². The summed E-state index contributed by atoms with van der Waals surface area (Å²) in [4.78, 5) is 5.75. The van der Waals surface area contributed by atoms with E-state index < -0.39 is 0 Å². The Kier molecular flexibility index (Phi) is 9.46. The van der Waals surface area contributed by atoms with E-state index in [9.17, 15) is 0 Å². The Bertz CT molecular complexity index is 5180. The average Bonchev–Trinajstić information content (AvgIpc) is 4.20. The number of aromatic nitrogens is 1. The van der Waals surface area contributed by atoms with Crippen LogP contribution < -0.4 is 10.6 Å². The van der Waals surface area contributed by atoms with Crippen LogP contribution in [0, 0.1) is 0 Å². The van der Waals surface area contributed by atoms with Crippen LogP contribution in [0.3, 0.4) is 0 Å². The van der Waals surface area contributed by atoms with Gasteiger partial charge in [0.1, 0.15) is 18.2 Å². The molecule has 0 radical (unpaired) electrons. The zero-order chi connectivity index (χ0) is 51.0. The fraction of sp³-hybridized carbons (Fsp3) is 0.0274. The van der Waals surface area contributed by atoms with E-state index in [2.05, 4.69) is 270 Å². The molecule has 14 aromatic carbocycles. The van der Waals surface area contributed by atoms with Gasteiger partial charge in [-0.1, -0.05) is 194 Å². The van der Waals surface area contributed by atoms with Gasteiger partial charge in [-0.2, -0.15) is 0 Å². The minimum atomic E-state index is -0.386. The molecule has 2 aromatic heterocycles. The van der Waals surface area contributed by atoms with Gasteiger partial charge in [0.25, 0.3) is 0 Å². The Labute approximate surface area is 452 Å². The fourth-order valence-corrected chi connectivity index (χ4v) is 14.4. The van der Waals surface area contributed by atoms with Crippen molar-refractivity contribution < 1.29 is 0 Å². The summed E-state index contributed by atoms with van der Waals surface area (Å²) in [7, 11) is 0.